The molecule has 1 aliphatic carbocycles. The maximum absolute atomic E-state index is 11.4. The van der Waals surface area contributed by atoms with E-state index in [9.17, 15) is 4.79 Å². The normalized spacial score (nSPS) is 24.9. The molecule has 0 fully saturated rings. The Bertz CT molecular complexity index is 302. The van der Waals surface area contributed by atoms with Crippen molar-refractivity contribution in [3.8, 4) is 0 Å². The first kappa shape index (κ1) is 11.8. The topological polar surface area (TPSA) is 43.1 Å². The van der Waals surface area contributed by atoms with Crippen molar-refractivity contribution < 1.29 is 4.79 Å². The van der Waals surface area contributed by atoms with Crippen LogP contribution < -0.4 is 5.73 Å². The van der Waals surface area contributed by atoms with E-state index in [1.165, 1.54) is 6.42 Å². The molecule has 1 amide bonds. The quantitative estimate of drug-likeness (QED) is 0.544. The van der Waals surface area contributed by atoms with Crippen molar-refractivity contribution in [3.05, 3.63) is 36.5 Å². The summed E-state index contributed by atoms with van der Waals surface area (Å²) in [5.74, 6) is -0.268. The largest absolute Gasteiger partial charge is 0.369 e. The second-order valence-electron chi connectivity index (χ2n) is 3.94. The van der Waals surface area contributed by atoms with Gasteiger partial charge in [-0.15, -0.1) is 0 Å². The monoisotopic (exact) mass is 205 g/mol. The highest BCUT2D eigenvalue weighted by atomic mass is 16.1. The first-order valence-electron chi connectivity index (χ1n) is 5.53. The van der Waals surface area contributed by atoms with Gasteiger partial charge in [0.05, 0.1) is 5.41 Å². The van der Waals surface area contributed by atoms with Crippen molar-refractivity contribution in [2.45, 2.75) is 32.6 Å². The zero-order valence-corrected chi connectivity index (χ0v) is 9.28. The minimum absolute atomic E-state index is 0.268. The van der Waals surface area contributed by atoms with Gasteiger partial charge in [0.25, 0.3) is 0 Å². The van der Waals surface area contributed by atoms with Crippen LogP contribution in [0.2, 0.25) is 0 Å². The van der Waals surface area contributed by atoms with Gasteiger partial charge in [0.2, 0.25) is 5.91 Å². The van der Waals surface area contributed by atoms with E-state index in [4.69, 9.17) is 5.73 Å². The summed E-state index contributed by atoms with van der Waals surface area (Å²) in [6.07, 6.45) is 15.7. The minimum Gasteiger partial charge on any atom is -0.369 e. The highest BCUT2D eigenvalue weighted by Crippen LogP contribution is 2.29. The number of amides is 1. The lowest BCUT2D eigenvalue weighted by atomic mass is 9.80. The zero-order valence-electron chi connectivity index (χ0n) is 9.28. The van der Waals surface area contributed by atoms with Crippen LogP contribution in [-0.2, 0) is 4.79 Å². The number of carbonyl (C=O) groups excluding carboxylic acids is 1. The molecule has 0 saturated heterocycles. The first-order chi connectivity index (χ1) is 7.21. The van der Waals surface area contributed by atoms with E-state index >= 15 is 0 Å². The van der Waals surface area contributed by atoms with Crippen LogP contribution in [0.15, 0.2) is 36.5 Å². The standard InChI is InChI=1S/C13H19NO/c1-2-3-4-6-9-13(12(14)15)10-7-5-8-11-13/h5-10H,2-4,11H2,1H3,(H2,14,15). The predicted octanol–water partition coefficient (Wildman–Crippen LogP) is 2.72. The van der Waals surface area contributed by atoms with E-state index in [-0.39, 0.29) is 5.91 Å². The number of hydrogen-bond acceptors (Lipinski definition) is 1. The molecule has 0 heterocycles. The van der Waals surface area contributed by atoms with Gasteiger partial charge in [-0.3, -0.25) is 4.79 Å². The van der Waals surface area contributed by atoms with Crippen LogP contribution in [0.25, 0.3) is 0 Å². The van der Waals surface area contributed by atoms with Crippen molar-refractivity contribution in [2.24, 2.45) is 11.1 Å². The molecule has 1 aliphatic rings. The summed E-state index contributed by atoms with van der Waals surface area (Å²) < 4.78 is 0. The van der Waals surface area contributed by atoms with Crippen LogP contribution in [0.4, 0.5) is 0 Å². The van der Waals surface area contributed by atoms with Crippen molar-refractivity contribution in [1.82, 2.24) is 0 Å². The fourth-order valence-corrected chi connectivity index (χ4v) is 1.64. The van der Waals surface area contributed by atoms with Crippen LogP contribution in [0, 0.1) is 5.41 Å². The van der Waals surface area contributed by atoms with Crippen LogP contribution in [0.1, 0.15) is 32.6 Å². The van der Waals surface area contributed by atoms with E-state index in [1.807, 2.05) is 30.4 Å². The summed E-state index contributed by atoms with van der Waals surface area (Å²) in [5.41, 5.74) is 4.86. The molecule has 82 valence electrons. The molecule has 2 heteroatoms. The Morgan fingerprint density at radius 1 is 1.53 bits per heavy atom. The van der Waals surface area contributed by atoms with Gasteiger partial charge in [-0.05, 0) is 12.8 Å². The molecule has 2 nitrogen and oxygen atoms in total. The second-order valence-corrected chi connectivity index (χ2v) is 3.94. The molecule has 0 aliphatic heterocycles. The van der Waals surface area contributed by atoms with Gasteiger partial charge in [-0.1, -0.05) is 56.2 Å². The van der Waals surface area contributed by atoms with Crippen LogP contribution in [0.3, 0.4) is 0 Å². The molecule has 0 aromatic rings. The average Bonchev–Trinajstić information content (AvgIpc) is 2.26. The van der Waals surface area contributed by atoms with Gasteiger partial charge in [0.1, 0.15) is 0 Å². The van der Waals surface area contributed by atoms with E-state index in [2.05, 4.69) is 13.0 Å². The number of allylic oxidation sites excluding steroid dienone is 4. The van der Waals surface area contributed by atoms with Gasteiger partial charge >= 0.3 is 0 Å². The van der Waals surface area contributed by atoms with E-state index in [0.29, 0.717) is 6.42 Å². The van der Waals surface area contributed by atoms with Gasteiger partial charge in [0.15, 0.2) is 0 Å². The maximum Gasteiger partial charge on any atom is 0.231 e. The van der Waals surface area contributed by atoms with Crippen molar-refractivity contribution in [2.75, 3.05) is 0 Å². The van der Waals surface area contributed by atoms with Crippen molar-refractivity contribution >= 4 is 5.91 Å². The summed E-state index contributed by atoms with van der Waals surface area (Å²) in [6, 6.07) is 0. The Morgan fingerprint density at radius 3 is 2.87 bits per heavy atom. The fraction of sp³-hybridized carbons (Fsp3) is 0.462. The lowest BCUT2D eigenvalue weighted by Gasteiger charge is -2.23. The Morgan fingerprint density at radius 2 is 2.33 bits per heavy atom. The van der Waals surface area contributed by atoms with E-state index < -0.39 is 5.41 Å². The predicted molar refractivity (Wildman–Crippen MR) is 63.2 cm³/mol. The van der Waals surface area contributed by atoms with Crippen molar-refractivity contribution in [3.63, 3.8) is 0 Å². The van der Waals surface area contributed by atoms with Gasteiger partial charge < -0.3 is 5.73 Å². The molecule has 0 radical (unpaired) electrons. The molecule has 1 atom stereocenters. The summed E-state index contributed by atoms with van der Waals surface area (Å²) >= 11 is 0. The number of carbonyl (C=O) groups is 1. The molecule has 0 aromatic heterocycles. The molecule has 0 aromatic carbocycles. The zero-order chi connectivity index (χ0) is 11.1. The number of hydrogen-bond donors (Lipinski definition) is 1. The lowest BCUT2D eigenvalue weighted by molar-refractivity contribution is -0.123. The molecule has 2 N–H and O–H groups in total. The Balaban J connectivity index is 2.66. The smallest absolute Gasteiger partial charge is 0.231 e. The van der Waals surface area contributed by atoms with Crippen LogP contribution >= 0.6 is 0 Å². The van der Waals surface area contributed by atoms with Crippen molar-refractivity contribution in [1.29, 1.82) is 0 Å². The number of nitrogens with two attached hydrogens (primary N) is 1. The number of rotatable bonds is 5. The Hall–Kier alpha value is -1.31. The van der Waals surface area contributed by atoms with Crippen LogP contribution in [-0.4, -0.2) is 5.91 Å². The third kappa shape index (κ3) is 3.08. The number of primary amides is 1. The first-order valence-corrected chi connectivity index (χ1v) is 5.53. The molecule has 0 bridgehead atoms. The van der Waals surface area contributed by atoms with Gasteiger partial charge in [0, 0.05) is 0 Å². The summed E-state index contributed by atoms with van der Waals surface area (Å²) in [6.45, 7) is 2.15. The van der Waals surface area contributed by atoms with E-state index in [1.54, 1.807) is 0 Å². The Kier molecular flexibility index (Phi) is 4.35. The SMILES string of the molecule is CCCCC=CC1(C(N)=O)C=CC=CC1. The molecular formula is C13H19NO. The second kappa shape index (κ2) is 5.54. The van der Waals surface area contributed by atoms with Gasteiger partial charge in [-0.2, -0.15) is 0 Å². The number of unbranched alkanes of at least 4 members (excludes halogenated alkanes) is 2. The van der Waals surface area contributed by atoms with Crippen LogP contribution in [0.5, 0.6) is 0 Å². The summed E-state index contributed by atoms with van der Waals surface area (Å²) in [5, 5.41) is 0. The molecule has 1 rings (SSSR count). The molecule has 0 spiro atoms. The third-order valence-corrected chi connectivity index (χ3v) is 2.69. The molecular weight excluding hydrogens is 186 g/mol. The average molecular weight is 205 g/mol. The third-order valence-electron chi connectivity index (χ3n) is 2.69. The molecule has 0 saturated carbocycles. The fourth-order valence-electron chi connectivity index (χ4n) is 1.64. The maximum atomic E-state index is 11.4. The molecule has 1 unspecified atom stereocenters. The summed E-state index contributed by atoms with van der Waals surface area (Å²) in [7, 11) is 0. The highest BCUT2D eigenvalue weighted by molar-refractivity contribution is 5.85. The highest BCUT2D eigenvalue weighted by Gasteiger charge is 2.30. The van der Waals surface area contributed by atoms with Gasteiger partial charge in [-0.25, -0.2) is 0 Å². The van der Waals surface area contributed by atoms with E-state index in [0.717, 1.165) is 12.8 Å². The minimum atomic E-state index is -0.581. The lowest BCUT2D eigenvalue weighted by Crippen LogP contribution is -2.34. The molecule has 15 heavy (non-hydrogen) atoms. The Labute approximate surface area is 91.5 Å². The summed E-state index contributed by atoms with van der Waals surface area (Å²) in [4.78, 5) is 11.4.